The van der Waals surface area contributed by atoms with E-state index in [1.54, 1.807) is 0 Å². The molecule has 0 saturated carbocycles. The van der Waals surface area contributed by atoms with Crippen LogP contribution in [0.25, 0.3) is 88.0 Å². The second-order valence-corrected chi connectivity index (χ2v) is 11.3. The summed E-state index contributed by atoms with van der Waals surface area (Å²) in [5.41, 5.74) is 2.92. The van der Waals surface area contributed by atoms with Gasteiger partial charge in [0.25, 0.3) is 0 Å². The lowest BCUT2D eigenvalue weighted by Gasteiger charge is -2.14. The van der Waals surface area contributed by atoms with E-state index in [2.05, 4.69) is 152 Å². The van der Waals surface area contributed by atoms with Crippen LogP contribution in [0.2, 0.25) is 0 Å². The molecule has 1 heterocycles. The first-order valence-corrected chi connectivity index (χ1v) is 14.9. The molecule has 9 rings (SSSR count). The van der Waals surface area contributed by atoms with E-state index < -0.39 is 0 Å². The second kappa shape index (κ2) is 9.82. The normalized spacial score (nSPS) is 11.6. The number of hydrogen-bond acceptors (Lipinski definition) is 3. The first kappa shape index (κ1) is 24.6. The van der Waals surface area contributed by atoms with E-state index in [-0.39, 0.29) is 0 Å². The molecule has 0 bridgehead atoms. The Balaban J connectivity index is 1.34. The maximum absolute atomic E-state index is 5.17. The molecule has 8 aromatic carbocycles. The van der Waals surface area contributed by atoms with Gasteiger partial charge in [0.2, 0.25) is 0 Å². The van der Waals surface area contributed by atoms with Gasteiger partial charge in [-0.15, -0.1) is 0 Å². The summed E-state index contributed by atoms with van der Waals surface area (Å²) >= 11 is 0. The summed E-state index contributed by atoms with van der Waals surface area (Å²) in [6.07, 6.45) is 0. The minimum atomic E-state index is 0.659. The molecule has 0 aliphatic carbocycles. The molecule has 204 valence electrons. The minimum Gasteiger partial charge on any atom is -0.208 e. The SMILES string of the molecule is c1ccc2cc(-c3nc(-c4ccc5ccccc5c4)nc(-c4cc5ccc6ccccc6c5c5ccccc45)n3)ccc2c1. The van der Waals surface area contributed by atoms with Gasteiger partial charge >= 0.3 is 0 Å². The molecule has 0 spiro atoms. The molecule has 0 amide bonds. The second-order valence-electron chi connectivity index (χ2n) is 11.3. The van der Waals surface area contributed by atoms with Crippen molar-refractivity contribution in [3.05, 3.63) is 152 Å². The van der Waals surface area contributed by atoms with E-state index >= 15 is 0 Å². The van der Waals surface area contributed by atoms with Crippen molar-refractivity contribution in [2.45, 2.75) is 0 Å². The van der Waals surface area contributed by atoms with Crippen LogP contribution in [0.4, 0.5) is 0 Å². The van der Waals surface area contributed by atoms with Crippen LogP contribution >= 0.6 is 0 Å². The van der Waals surface area contributed by atoms with Crippen LogP contribution < -0.4 is 0 Å². The van der Waals surface area contributed by atoms with E-state index in [0.717, 1.165) is 38.2 Å². The third-order valence-electron chi connectivity index (χ3n) is 8.64. The number of hydrogen-bond donors (Lipinski definition) is 0. The Morgan fingerprint density at radius 3 is 1.39 bits per heavy atom. The summed E-state index contributed by atoms with van der Waals surface area (Å²) in [6.45, 7) is 0. The summed E-state index contributed by atoms with van der Waals surface area (Å²) in [5, 5.41) is 11.9. The summed E-state index contributed by atoms with van der Waals surface area (Å²) in [7, 11) is 0. The van der Waals surface area contributed by atoms with Gasteiger partial charge in [0.05, 0.1) is 0 Å². The van der Waals surface area contributed by atoms with E-state index in [1.165, 1.54) is 32.3 Å². The van der Waals surface area contributed by atoms with Crippen molar-refractivity contribution in [1.82, 2.24) is 15.0 Å². The van der Waals surface area contributed by atoms with Gasteiger partial charge in [-0.3, -0.25) is 0 Å². The maximum atomic E-state index is 5.17. The van der Waals surface area contributed by atoms with Crippen molar-refractivity contribution in [3.63, 3.8) is 0 Å². The fourth-order valence-corrected chi connectivity index (χ4v) is 6.47. The topological polar surface area (TPSA) is 38.7 Å². The Labute approximate surface area is 254 Å². The first-order chi connectivity index (χ1) is 21.8. The van der Waals surface area contributed by atoms with Crippen molar-refractivity contribution < 1.29 is 0 Å². The van der Waals surface area contributed by atoms with Crippen LogP contribution in [0.3, 0.4) is 0 Å². The summed E-state index contributed by atoms with van der Waals surface area (Å²) in [6, 6.07) is 53.5. The molecule has 1 aromatic heterocycles. The van der Waals surface area contributed by atoms with Gasteiger partial charge in [-0.25, -0.2) is 15.0 Å². The molecule has 44 heavy (non-hydrogen) atoms. The van der Waals surface area contributed by atoms with Crippen LogP contribution in [-0.4, -0.2) is 15.0 Å². The molecule has 0 radical (unpaired) electrons. The highest BCUT2D eigenvalue weighted by molar-refractivity contribution is 6.23. The Morgan fingerprint density at radius 2 is 0.750 bits per heavy atom. The summed E-state index contributed by atoms with van der Waals surface area (Å²) < 4.78 is 0. The van der Waals surface area contributed by atoms with Gasteiger partial charge in [0, 0.05) is 16.7 Å². The minimum absolute atomic E-state index is 0.659. The maximum Gasteiger partial charge on any atom is 0.164 e. The van der Waals surface area contributed by atoms with Gasteiger partial charge < -0.3 is 0 Å². The van der Waals surface area contributed by atoms with Crippen LogP contribution in [0, 0.1) is 0 Å². The van der Waals surface area contributed by atoms with E-state index in [4.69, 9.17) is 15.0 Å². The van der Waals surface area contributed by atoms with Crippen molar-refractivity contribution >= 4 is 53.9 Å². The number of nitrogens with zero attached hydrogens (tertiary/aromatic N) is 3. The number of rotatable bonds is 3. The highest BCUT2D eigenvalue weighted by atomic mass is 15.0. The quantitative estimate of drug-likeness (QED) is 0.202. The monoisotopic (exact) mass is 559 g/mol. The number of benzene rings is 8. The van der Waals surface area contributed by atoms with Crippen molar-refractivity contribution in [2.24, 2.45) is 0 Å². The van der Waals surface area contributed by atoms with E-state index in [9.17, 15) is 0 Å². The smallest absolute Gasteiger partial charge is 0.164 e. The first-order valence-electron chi connectivity index (χ1n) is 14.9. The van der Waals surface area contributed by atoms with Crippen molar-refractivity contribution in [1.29, 1.82) is 0 Å². The zero-order chi connectivity index (χ0) is 29.0. The lowest BCUT2D eigenvalue weighted by Crippen LogP contribution is -2.01. The average molecular weight is 560 g/mol. The molecule has 9 aromatic rings. The summed E-state index contributed by atoms with van der Waals surface area (Å²) in [4.78, 5) is 15.4. The van der Waals surface area contributed by atoms with Crippen LogP contribution in [-0.2, 0) is 0 Å². The lowest BCUT2D eigenvalue weighted by molar-refractivity contribution is 1.08. The molecule has 0 atom stereocenters. The van der Waals surface area contributed by atoms with Gasteiger partial charge in [0.1, 0.15) is 0 Å². The standard InChI is InChI=1S/C41H25N3/c1-3-12-29-23-32(21-17-26(29)9-1)39-42-40(33-22-18-27-10-2-4-13-30(27)24-33)44-41(43-39)37-25-31-20-19-28-11-5-6-14-34(28)38(31)36-16-8-7-15-35(36)37/h1-25H. The summed E-state index contributed by atoms with van der Waals surface area (Å²) in [5.74, 6) is 1.98. The number of aromatic nitrogens is 3. The molecular formula is C41H25N3. The lowest BCUT2D eigenvalue weighted by atomic mass is 9.93. The van der Waals surface area contributed by atoms with Gasteiger partial charge in [-0.05, 0) is 72.1 Å². The molecule has 0 saturated heterocycles. The van der Waals surface area contributed by atoms with Crippen LogP contribution in [0.5, 0.6) is 0 Å². The highest BCUT2D eigenvalue weighted by Gasteiger charge is 2.17. The average Bonchev–Trinajstić information content (AvgIpc) is 3.10. The molecule has 0 N–H and O–H groups in total. The molecular weight excluding hydrogens is 534 g/mol. The molecule has 0 aliphatic rings. The predicted molar refractivity (Wildman–Crippen MR) is 184 cm³/mol. The molecule has 0 aliphatic heterocycles. The Morgan fingerprint density at radius 1 is 0.295 bits per heavy atom. The molecule has 3 heteroatoms. The predicted octanol–water partition coefficient (Wildman–Crippen LogP) is 10.6. The molecule has 0 unspecified atom stereocenters. The van der Waals surface area contributed by atoms with Crippen LogP contribution in [0.1, 0.15) is 0 Å². The van der Waals surface area contributed by atoms with Crippen LogP contribution in [0.15, 0.2) is 152 Å². The largest absolute Gasteiger partial charge is 0.208 e. The van der Waals surface area contributed by atoms with Gasteiger partial charge in [-0.2, -0.15) is 0 Å². The van der Waals surface area contributed by atoms with E-state index in [1.807, 2.05) is 0 Å². The zero-order valence-corrected chi connectivity index (χ0v) is 23.8. The van der Waals surface area contributed by atoms with Crippen molar-refractivity contribution in [3.8, 4) is 34.2 Å². The van der Waals surface area contributed by atoms with Gasteiger partial charge in [-0.1, -0.05) is 133 Å². The fourth-order valence-electron chi connectivity index (χ4n) is 6.47. The molecule has 3 nitrogen and oxygen atoms in total. The number of fused-ring (bicyclic) bond motifs is 7. The Kier molecular flexibility index (Phi) is 5.50. The third kappa shape index (κ3) is 4.02. The third-order valence-corrected chi connectivity index (χ3v) is 8.64. The molecule has 0 fully saturated rings. The Hall–Kier alpha value is -5.93. The van der Waals surface area contributed by atoms with E-state index in [0.29, 0.717) is 17.5 Å². The zero-order valence-electron chi connectivity index (χ0n) is 23.8. The Bertz CT molecular complexity index is 2470. The van der Waals surface area contributed by atoms with Gasteiger partial charge in [0.15, 0.2) is 17.5 Å². The van der Waals surface area contributed by atoms with Crippen molar-refractivity contribution in [2.75, 3.05) is 0 Å². The highest BCUT2D eigenvalue weighted by Crippen LogP contribution is 2.38. The fraction of sp³-hybridized carbons (Fsp3) is 0.